The van der Waals surface area contributed by atoms with E-state index in [0.29, 0.717) is 17.5 Å². The highest BCUT2D eigenvalue weighted by Gasteiger charge is 2.24. The van der Waals surface area contributed by atoms with Crippen LogP contribution in [0.4, 0.5) is 0 Å². The number of para-hydroxylation sites is 1. The Morgan fingerprint density at radius 1 is 0.365 bits per heavy atom. The van der Waals surface area contributed by atoms with Crippen LogP contribution in [0.5, 0.6) is 0 Å². The minimum atomic E-state index is 0.587. The first-order valence-corrected chi connectivity index (χ1v) is 22.0. The molecule has 0 aliphatic heterocycles. The van der Waals surface area contributed by atoms with Crippen LogP contribution in [0.15, 0.2) is 199 Å². The predicted octanol–water partition coefficient (Wildman–Crippen LogP) is 15.7. The molecule has 14 rings (SSSR count). The summed E-state index contributed by atoms with van der Waals surface area (Å²) in [5.74, 6) is 1.84. The molecule has 10 aromatic carbocycles. The molecule has 4 heterocycles. The van der Waals surface area contributed by atoms with Crippen LogP contribution in [0.1, 0.15) is 0 Å². The number of hydrogen-bond donors (Lipinski definition) is 0. The number of fused-ring (bicyclic) bond motifs is 13. The molecule has 0 amide bonds. The van der Waals surface area contributed by atoms with Gasteiger partial charge in [0.1, 0.15) is 5.58 Å². The van der Waals surface area contributed by atoms with E-state index in [9.17, 15) is 0 Å². The molecular formula is C57H32N4OS. The molecule has 0 radical (unpaired) electrons. The molecule has 14 aromatic rings. The number of thiophene rings is 1. The van der Waals surface area contributed by atoms with Gasteiger partial charge in [0.25, 0.3) is 0 Å². The van der Waals surface area contributed by atoms with Gasteiger partial charge in [-0.3, -0.25) is 0 Å². The van der Waals surface area contributed by atoms with E-state index >= 15 is 0 Å². The average molecular weight is 821 g/mol. The summed E-state index contributed by atoms with van der Waals surface area (Å²) in [5, 5.41) is 13.5. The quantitative estimate of drug-likeness (QED) is 0.177. The minimum Gasteiger partial charge on any atom is -0.453 e. The van der Waals surface area contributed by atoms with E-state index in [1.54, 1.807) is 11.3 Å². The Morgan fingerprint density at radius 2 is 0.984 bits per heavy atom. The molecule has 0 saturated heterocycles. The standard InChI is InChI=1S/C57H32N4OS/c1-2-16-36-31-48-45(29-35(36)15-1)40-20-7-9-24-47(40)61(48)49-32-37(30-46-41-28-27-34-14-4-6-19-39(34)53(41)62-54(46)49)55-58-56(42-22-11-17-33-13-3-5-18-38(33)42)60-57(59-55)44-23-12-26-51-52(44)43-21-8-10-25-50(43)63-51/h1-32H. The van der Waals surface area contributed by atoms with Crippen molar-refractivity contribution in [2.75, 3.05) is 0 Å². The Labute approximate surface area is 363 Å². The Morgan fingerprint density at radius 3 is 1.84 bits per heavy atom. The second-order valence-corrected chi connectivity index (χ2v) is 17.4. The number of furan rings is 1. The molecule has 6 heteroatoms. The zero-order valence-electron chi connectivity index (χ0n) is 33.6. The summed E-state index contributed by atoms with van der Waals surface area (Å²) in [6.45, 7) is 0. The molecule has 0 atom stereocenters. The molecule has 0 N–H and O–H groups in total. The number of aromatic nitrogens is 4. The van der Waals surface area contributed by atoms with E-state index in [1.165, 1.54) is 36.3 Å². The van der Waals surface area contributed by atoms with Gasteiger partial charge in [-0.15, -0.1) is 11.3 Å². The average Bonchev–Trinajstić information content (AvgIpc) is 4.02. The summed E-state index contributed by atoms with van der Waals surface area (Å²) in [5.41, 5.74) is 7.58. The van der Waals surface area contributed by atoms with Crippen LogP contribution >= 0.6 is 11.3 Å². The van der Waals surface area contributed by atoms with Gasteiger partial charge in [0, 0.05) is 63.8 Å². The van der Waals surface area contributed by atoms with Crippen molar-refractivity contribution in [3.8, 4) is 39.9 Å². The van der Waals surface area contributed by atoms with E-state index in [-0.39, 0.29) is 0 Å². The minimum absolute atomic E-state index is 0.587. The van der Waals surface area contributed by atoms with Crippen molar-refractivity contribution in [3.63, 3.8) is 0 Å². The van der Waals surface area contributed by atoms with Crippen molar-refractivity contribution in [2.45, 2.75) is 0 Å². The van der Waals surface area contributed by atoms with Gasteiger partial charge in [0.05, 0.1) is 16.7 Å². The van der Waals surface area contributed by atoms with Gasteiger partial charge in [-0.25, -0.2) is 15.0 Å². The van der Waals surface area contributed by atoms with Crippen LogP contribution < -0.4 is 0 Å². The monoisotopic (exact) mass is 820 g/mol. The van der Waals surface area contributed by atoms with Gasteiger partial charge >= 0.3 is 0 Å². The molecule has 0 bridgehead atoms. The number of hydrogen-bond acceptors (Lipinski definition) is 5. The first-order chi connectivity index (χ1) is 31.2. The SMILES string of the molecule is c1ccc2cc3c(cc2c1)c1ccccc1n3-c1cc(-c2nc(-c3cccc4ccccc34)nc(-c3cccc4sc5ccccc5c34)n2)cc2c1oc1c3ccccc3ccc21. The van der Waals surface area contributed by atoms with Crippen LogP contribution in [0.3, 0.4) is 0 Å². The Kier molecular flexibility index (Phi) is 7.21. The van der Waals surface area contributed by atoms with Crippen molar-refractivity contribution in [2.24, 2.45) is 0 Å². The van der Waals surface area contributed by atoms with Crippen molar-refractivity contribution in [1.29, 1.82) is 0 Å². The third kappa shape index (κ3) is 5.13. The van der Waals surface area contributed by atoms with Gasteiger partial charge in [0.15, 0.2) is 23.1 Å². The number of rotatable bonds is 4. The maximum atomic E-state index is 7.14. The van der Waals surface area contributed by atoms with E-state index in [0.717, 1.165) is 82.3 Å². The largest absolute Gasteiger partial charge is 0.453 e. The van der Waals surface area contributed by atoms with Gasteiger partial charge in [-0.1, -0.05) is 146 Å². The third-order valence-electron chi connectivity index (χ3n) is 12.8. The highest BCUT2D eigenvalue weighted by atomic mass is 32.1. The van der Waals surface area contributed by atoms with Crippen molar-refractivity contribution in [1.82, 2.24) is 19.5 Å². The van der Waals surface area contributed by atoms with Crippen LogP contribution in [0.25, 0.3) is 136 Å². The highest BCUT2D eigenvalue weighted by Crippen LogP contribution is 2.44. The molecule has 0 unspecified atom stereocenters. The van der Waals surface area contributed by atoms with Gasteiger partial charge in [0.2, 0.25) is 0 Å². The third-order valence-corrected chi connectivity index (χ3v) is 13.9. The molecular weight excluding hydrogens is 789 g/mol. The van der Waals surface area contributed by atoms with Gasteiger partial charge in [-0.2, -0.15) is 0 Å². The topological polar surface area (TPSA) is 56.7 Å². The number of benzene rings is 10. The zero-order chi connectivity index (χ0) is 41.2. The van der Waals surface area contributed by atoms with Crippen LogP contribution in [0, 0.1) is 0 Å². The highest BCUT2D eigenvalue weighted by molar-refractivity contribution is 7.25. The van der Waals surface area contributed by atoms with Crippen molar-refractivity contribution >= 4 is 108 Å². The second-order valence-electron chi connectivity index (χ2n) is 16.3. The molecule has 5 nitrogen and oxygen atoms in total. The van der Waals surface area contributed by atoms with E-state index in [1.807, 2.05) is 0 Å². The summed E-state index contributed by atoms with van der Waals surface area (Å²) >= 11 is 1.80. The molecule has 0 saturated carbocycles. The van der Waals surface area contributed by atoms with Crippen molar-refractivity contribution < 1.29 is 4.42 Å². The molecule has 0 spiro atoms. The molecule has 292 valence electrons. The summed E-state index contributed by atoms with van der Waals surface area (Å²) in [6, 6.07) is 69.0. The Balaban J connectivity index is 1.12. The van der Waals surface area contributed by atoms with Crippen LogP contribution in [-0.4, -0.2) is 19.5 Å². The first kappa shape index (κ1) is 34.5. The lowest BCUT2D eigenvalue weighted by Gasteiger charge is -2.14. The lowest BCUT2D eigenvalue weighted by atomic mass is 10.0. The summed E-state index contributed by atoms with van der Waals surface area (Å²) in [7, 11) is 0. The Bertz CT molecular complexity index is 4230. The van der Waals surface area contributed by atoms with E-state index in [4.69, 9.17) is 19.4 Å². The predicted molar refractivity (Wildman–Crippen MR) is 263 cm³/mol. The fraction of sp³-hybridized carbons (Fsp3) is 0. The smallest absolute Gasteiger partial charge is 0.164 e. The first-order valence-electron chi connectivity index (χ1n) is 21.2. The van der Waals surface area contributed by atoms with E-state index < -0.39 is 0 Å². The summed E-state index contributed by atoms with van der Waals surface area (Å²) in [6.07, 6.45) is 0. The lowest BCUT2D eigenvalue weighted by molar-refractivity contribution is 0.670. The van der Waals surface area contributed by atoms with E-state index in [2.05, 4.69) is 199 Å². The lowest BCUT2D eigenvalue weighted by Crippen LogP contribution is -2.02. The molecule has 0 aliphatic rings. The second kappa shape index (κ2) is 13.2. The summed E-state index contributed by atoms with van der Waals surface area (Å²) < 4.78 is 11.9. The Hall–Kier alpha value is -8.19. The van der Waals surface area contributed by atoms with Gasteiger partial charge < -0.3 is 8.98 Å². The van der Waals surface area contributed by atoms with Crippen LogP contribution in [0.2, 0.25) is 0 Å². The maximum Gasteiger partial charge on any atom is 0.164 e. The molecule has 0 aliphatic carbocycles. The summed E-state index contributed by atoms with van der Waals surface area (Å²) in [4.78, 5) is 16.3. The number of nitrogens with zero attached hydrogens (tertiary/aromatic N) is 4. The van der Waals surface area contributed by atoms with Gasteiger partial charge in [-0.05, 0) is 75.5 Å². The normalized spacial score (nSPS) is 12.1. The maximum absolute atomic E-state index is 7.14. The fourth-order valence-corrected chi connectivity index (χ4v) is 11.1. The zero-order valence-corrected chi connectivity index (χ0v) is 34.4. The molecule has 63 heavy (non-hydrogen) atoms. The van der Waals surface area contributed by atoms with Crippen molar-refractivity contribution in [3.05, 3.63) is 194 Å². The van der Waals surface area contributed by atoms with Crippen LogP contribution in [-0.2, 0) is 0 Å². The fourth-order valence-electron chi connectivity index (χ4n) is 9.93. The molecule has 4 aromatic heterocycles. The molecule has 0 fully saturated rings.